The van der Waals surface area contributed by atoms with E-state index in [2.05, 4.69) is 12.2 Å². The number of rotatable bonds is 2. The average Bonchev–Trinajstić information content (AvgIpc) is 2.89. The zero-order valence-corrected chi connectivity index (χ0v) is 8.43. The monoisotopic (exact) mass is 203 g/mol. The van der Waals surface area contributed by atoms with Gasteiger partial charge in [0.15, 0.2) is 0 Å². The molecule has 0 radical (unpaired) electrons. The Balaban J connectivity index is 1.69. The minimum atomic E-state index is -0.147. The molecular weight excluding hydrogens is 190 g/mol. The van der Waals surface area contributed by atoms with E-state index in [-0.39, 0.29) is 11.8 Å². The number of amides is 2. The Kier molecular flexibility index (Phi) is 1.81. The molecule has 2 aliphatic carbocycles. The quantitative estimate of drug-likeness (QED) is 0.498. The Hall–Kier alpha value is -1.38. The van der Waals surface area contributed by atoms with Crippen molar-refractivity contribution in [3.63, 3.8) is 0 Å². The fourth-order valence-electron chi connectivity index (χ4n) is 2.95. The van der Waals surface area contributed by atoms with Crippen molar-refractivity contribution in [2.24, 2.45) is 17.8 Å². The summed E-state index contributed by atoms with van der Waals surface area (Å²) in [5, 5.41) is 0. The third-order valence-corrected chi connectivity index (χ3v) is 3.73. The van der Waals surface area contributed by atoms with Gasteiger partial charge < -0.3 is 0 Å². The Morgan fingerprint density at radius 1 is 1.13 bits per heavy atom. The van der Waals surface area contributed by atoms with Gasteiger partial charge in [-0.1, -0.05) is 12.2 Å². The van der Waals surface area contributed by atoms with Crippen LogP contribution in [0, 0.1) is 17.8 Å². The normalized spacial score (nSPS) is 37.3. The SMILES string of the molecule is O=C1C=CC(=O)N1C[C@H]1CC2C=CC1C2. The predicted octanol–water partition coefficient (Wildman–Crippen LogP) is 1.12. The van der Waals surface area contributed by atoms with Gasteiger partial charge in [-0.25, -0.2) is 0 Å². The topological polar surface area (TPSA) is 37.4 Å². The van der Waals surface area contributed by atoms with Gasteiger partial charge in [-0.2, -0.15) is 0 Å². The third-order valence-electron chi connectivity index (χ3n) is 3.73. The molecule has 3 aliphatic rings. The second-order valence-electron chi connectivity index (χ2n) is 4.66. The number of allylic oxidation sites excluding steroid dienone is 2. The number of fused-ring (bicyclic) bond motifs is 2. The molecule has 1 saturated carbocycles. The van der Waals surface area contributed by atoms with E-state index in [0.717, 1.165) is 6.42 Å². The first-order valence-electron chi connectivity index (χ1n) is 5.46. The summed E-state index contributed by atoms with van der Waals surface area (Å²) in [5.41, 5.74) is 0. The summed E-state index contributed by atoms with van der Waals surface area (Å²) in [5.74, 6) is 1.49. The second kappa shape index (κ2) is 3.05. The summed E-state index contributed by atoms with van der Waals surface area (Å²) in [7, 11) is 0. The van der Waals surface area contributed by atoms with E-state index in [9.17, 15) is 9.59 Å². The molecule has 1 fully saturated rings. The molecule has 0 N–H and O–H groups in total. The van der Waals surface area contributed by atoms with Gasteiger partial charge in [0.25, 0.3) is 11.8 Å². The van der Waals surface area contributed by atoms with E-state index >= 15 is 0 Å². The Morgan fingerprint density at radius 2 is 1.87 bits per heavy atom. The summed E-state index contributed by atoms with van der Waals surface area (Å²) < 4.78 is 0. The molecule has 0 spiro atoms. The lowest BCUT2D eigenvalue weighted by molar-refractivity contribution is -0.137. The highest BCUT2D eigenvalue weighted by Crippen LogP contribution is 2.43. The Bertz CT molecular complexity index is 365. The van der Waals surface area contributed by atoms with Crippen LogP contribution in [0.15, 0.2) is 24.3 Å². The van der Waals surface area contributed by atoms with E-state index in [1.165, 1.54) is 23.5 Å². The highest BCUT2D eigenvalue weighted by Gasteiger charge is 2.38. The fourth-order valence-corrected chi connectivity index (χ4v) is 2.95. The second-order valence-corrected chi connectivity index (χ2v) is 4.66. The van der Waals surface area contributed by atoms with E-state index in [1.807, 2.05) is 0 Å². The van der Waals surface area contributed by atoms with E-state index in [4.69, 9.17) is 0 Å². The zero-order chi connectivity index (χ0) is 10.4. The summed E-state index contributed by atoms with van der Waals surface area (Å²) >= 11 is 0. The van der Waals surface area contributed by atoms with Gasteiger partial charge in [0.05, 0.1) is 0 Å². The van der Waals surface area contributed by atoms with Crippen LogP contribution in [0.2, 0.25) is 0 Å². The summed E-state index contributed by atoms with van der Waals surface area (Å²) in [4.78, 5) is 24.1. The van der Waals surface area contributed by atoms with Crippen molar-refractivity contribution in [1.82, 2.24) is 4.90 Å². The van der Waals surface area contributed by atoms with Crippen molar-refractivity contribution in [1.29, 1.82) is 0 Å². The van der Waals surface area contributed by atoms with Crippen molar-refractivity contribution >= 4 is 11.8 Å². The lowest BCUT2D eigenvalue weighted by Crippen LogP contribution is -2.35. The van der Waals surface area contributed by atoms with Gasteiger partial charge in [0.1, 0.15) is 0 Å². The van der Waals surface area contributed by atoms with Crippen molar-refractivity contribution in [3.8, 4) is 0 Å². The molecule has 0 aromatic heterocycles. The van der Waals surface area contributed by atoms with Gasteiger partial charge in [0, 0.05) is 18.7 Å². The summed E-state index contributed by atoms with van der Waals surface area (Å²) in [6.07, 6.45) is 9.60. The van der Waals surface area contributed by atoms with Crippen molar-refractivity contribution < 1.29 is 9.59 Å². The first-order valence-corrected chi connectivity index (χ1v) is 5.46. The van der Waals surface area contributed by atoms with Crippen LogP contribution in [0.5, 0.6) is 0 Å². The molecule has 78 valence electrons. The van der Waals surface area contributed by atoms with Crippen molar-refractivity contribution in [2.75, 3.05) is 6.54 Å². The van der Waals surface area contributed by atoms with Gasteiger partial charge in [-0.05, 0) is 30.6 Å². The Morgan fingerprint density at radius 3 is 2.40 bits per heavy atom. The molecule has 0 aromatic carbocycles. The van der Waals surface area contributed by atoms with Crippen LogP contribution in [-0.4, -0.2) is 23.3 Å². The van der Waals surface area contributed by atoms with Crippen LogP contribution in [0.4, 0.5) is 0 Å². The smallest absolute Gasteiger partial charge is 0.253 e. The molecule has 3 atom stereocenters. The molecular formula is C12H13NO2. The molecule has 1 heterocycles. The van der Waals surface area contributed by atoms with Crippen molar-refractivity contribution in [2.45, 2.75) is 12.8 Å². The number of nitrogens with zero attached hydrogens (tertiary/aromatic N) is 1. The minimum Gasteiger partial charge on any atom is -0.275 e. The Labute approximate surface area is 88.4 Å². The van der Waals surface area contributed by atoms with E-state index in [0.29, 0.717) is 24.3 Å². The molecule has 1 aliphatic heterocycles. The number of carbonyl (C=O) groups is 2. The molecule has 15 heavy (non-hydrogen) atoms. The van der Waals surface area contributed by atoms with Crippen LogP contribution < -0.4 is 0 Å². The lowest BCUT2D eigenvalue weighted by atomic mass is 9.93. The minimum absolute atomic E-state index is 0.147. The van der Waals surface area contributed by atoms with Gasteiger partial charge >= 0.3 is 0 Å². The van der Waals surface area contributed by atoms with Gasteiger partial charge in [-0.15, -0.1) is 0 Å². The largest absolute Gasteiger partial charge is 0.275 e. The fraction of sp³-hybridized carbons (Fsp3) is 0.500. The first kappa shape index (κ1) is 8.89. The summed E-state index contributed by atoms with van der Waals surface area (Å²) in [6.45, 7) is 0.607. The standard InChI is InChI=1S/C12H13NO2/c14-11-3-4-12(15)13(11)7-10-6-8-1-2-9(10)5-8/h1-4,8-10H,5-7H2/t8?,9?,10-/m1/s1. The molecule has 3 heteroatoms. The molecule has 2 amide bonds. The predicted molar refractivity (Wildman–Crippen MR) is 54.7 cm³/mol. The third kappa shape index (κ3) is 1.34. The maximum absolute atomic E-state index is 11.4. The lowest BCUT2D eigenvalue weighted by Gasteiger charge is -2.23. The van der Waals surface area contributed by atoms with Crippen LogP contribution in [0.3, 0.4) is 0 Å². The van der Waals surface area contributed by atoms with Crippen LogP contribution in [0.1, 0.15) is 12.8 Å². The van der Waals surface area contributed by atoms with E-state index in [1.54, 1.807) is 0 Å². The van der Waals surface area contributed by atoms with Crippen LogP contribution in [0.25, 0.3) is 0 Å². The number of hydrogen-bond acceptors (Lipinski definition) is 2. The number of carbonyl (C=O) groups excluding carboxylic acids is 2. The van der Waals surface area contributed by atoms with Crippen LogP contribution in [-0.2, 0) is 9.59 Å². The van der Waals surface area contributed by atoms with Gasteiger partial charge in [-0.3, -0.25) is 14.5 Å². The van der Waals surface area contributed by atoms with Crippen LogP contribution >= 0.6 is 0 Å². The highest BCUT2D eigenvalue weighted by molar-refractivity contribution is 6.12. The highest BCUT2D eigenvalue weighted by atomic mass is 16.2. The number of hydrogen-bond donors (Lipinski definition) is 0. The molecule has 3 rings (SSSR count). The maximum Gasteiger partial charge on any atom is 0.253 e. The molecule has 0 aromatic rings. The number of imide groups is 1. The maximum atomic E-state index is 11.4. The molecule has 3 nitrogen and oxygen atoms in total. The van der Waals surface area contributed by atoms with E-state index < -0.39 is 0 Å². The first-order chi connectivity index (χ1) is 7.24. The van der Waals surface area contributed by atoms with Gasteiger partial charge in [0.2, 0.25) is 0 Å². The average molecular weight is 203 g/mol. The molecule has 0 saturated heterocycles. The zero-order valence-electron chi connectivity index (χ0n) is 8.43. The van der Waals surface area contributed by atoms with Crippen molar-refractivity contribution in [3.05, 3.63) is 24.3 Å². The molecule has 2 unspecified atom stereocenters. The molecule has 2 bridgehead atoms. The summed E-state index contributed by atoms with van der Waals surface area (Å²) in [6, 6.07) is 0.